The molecule has 0 aromatic heterocycles. The van der Waals surface area contributed by atoms with Gasteiger partial charge in [0.1, 0.15) is 11.7 Å². The van der Waals surface area contributed by atoms with Crippen LogP contribution in [0.3, 0.4) is 0 Å². The topological polar surface area (TPSA) is 66.8 Å². The molecule has 0 amide bonds. The normalized spacial score (nSPS) is 57.4. The Labute approximate surface area is 138 Å². The Bertz CT molecular complexity index is 558. The van der Waals surface area contributed by atoms with Gasteiger partial charge in [0.15, 0.2) is 0 Å². The van der Waals surface area contributed by atoms with Gasteiger partial charge in [0, 0.05) is 5.92 Å². The lowest BCUT2D eigenvalue weighted by Gasteiger charge is -2.64. The van der Waals surface area contributed by atoms with Crippen LogP contribution in [0.25, 0.3) is 0 Å². The predicted molar refractivity (Wildman–Crippen MR) is 85.5 cm³/mol. The number of fused-ring (bicyclic) bond motifs is 3. The van der Waals surface area contributed by atoms with Gasteiger partial charge in [0.2, 0.25) is 0 Å². The number of esters is 1. The summed E-state index contributed by atoms with van der Waals surface area (Å²) in [6, 6.07) is 0. The molecular formula is C19H30O4. The van der Waals surface area contributed by atoms with Crippen molar-refractivity contribution in [1.82, 2.24) is 0 Å². The lowest BCUT2D eigenvalue weighted by molar-refractivity contribution is -0.233. The lowest BCUT2D eigenvalue weighted by Crippen LogP contribution is -2.66. The molecule has 7 atom stereocenters. The number of rotatable bonds is 0. The highest BCUT2D eigenvalue weighted by molar-refractivity contribution is 5.81. The number of carbonyl (C=O) groups is 1. The highest BCUT2D eigenvalue weighted by Gasteiger charge is 2.74. The molecule has 0 unspecified atom stereocenters. The monoisotopic (exact) mass is 322 g/mol. The third kappa shape index (κ3) is 1.62. The Hall–Kier alpha value is -0.610. The van der Waals surface area contributed by atoms with Crippen LogP contribution in [0.15, 0.2) is 0 Å². The van der Waals surface area contributed by atoms with E-state index in [9.17, 15) is 15.0 Å². The molecule has 2 N–H and O–H groups in total. The van der Waals surface area contributed by atoms with Gasteiger partial charge < -0.3 is 14.9 Å². The van der Waals surface area contributed by atoms with E-state index in [2.05, 4.69) is 20.8 Å². The summed E-state index contributed by atoms with van der Waals surface area (Å²) in [5.74, 6) is 0.407. The second-order valence-corrected chi connectivity index (χ2v) is 9.73. The van der Waals surface area contributed by atoms with Gasteiger partial charge in [0.05, 0.1) is 11.5 Å². The van der Waals surface area contributed by atoms with Crippen molar-refractivity contribution in [3.8, 4) is 0 Å². The number of hydrogen-bond acceptors (Lipinski definition) is 4. The minimum atomic E-state index is -0.719. The van der Waals surface area contributed by atoms with Crippen molar-refractivity contribution in [1.29, 1.82) is 0 Å². The third-order valence-electron chi connectivity index (χ3n) is 8.49. The Balaban J connectivity index is 1.78. The molecule has 3 aliphatic carbocycles. The van der Waals surface area contributed by atoms with Gasteiger partial charge in [-0.25, -0.2) is 0 Å². The molecule has 1 aliphatic heterocycles. The zero-order valence-corrected chi connectivity index (χ0v) is 14.8. The molecule has 2 bridgehead atoms. The third-order valence-corrected chi connectivity index (χ3v) is 8.49. The van der Waals surface area contributed by atoms with Gasteiger partial charge in [0.25, 0.3) is 0 Å². The largest absolute Gasteiger partial charge is 0.455 e. The first-order chi connectivity index (χ1) is 10.6. The number of aliphatic hydroxyl groups is 2. The molecule has 0 aromatic rings. The van der Waals surface area contributed by atoms with Gasteiger partial charge in [-0.3, -0.25) is 4.79 Å². The van der Waals surface area contributed by atoms with Crippen molar-refractivity contribution in [2.75, 3.05) is 0 Å². The van der Waals surface area contributed by atoms with Gasteiger partial charge in [-0.2, -0.15) is 0 Å². The summed E-state index contributed by atoms with van der Waals surface area (Å²) in [6.45, 7) is 8.55. The van der Waals surface area contributed by atoms with E-state index in [0.29, 0.717) is 12.3 Å². The summed E-state index contributed by atoms with van der Waals surface area (Å²) in [5.41, 5.74) is -1.51. The molecule has 4 heteroatoms. The van der Waals surface area contributed by atoms with Crippen molar-refractivity contribution in [3.05, 3.63) is 0 Å². The maximum Gasteiger partial charge on any atom is 0.315 e. The fraction of sp³-hybridized carbons (Fsp3) is 0.947. The van der Waals surface area contributed by atoms with Crippen molar-refractivity contribution >= 4 is 5.97 Å². The highest BCUT2D eigenvalue weighted by atomic mass is 16.6. The first-order valence-electron chi connectivity index (χ1n) is 9.18. The van der Waals surface area contributed by atoms with Crippen molar-refractivity contribution in [3.63, 3.8) is 0 Å². The van der Waals surface area contributed by atoms with Crippen LogP contribution in [0.2, 0.25) is 0 Å². The average Bonchev–Trinajstić information content (AvgIpc) is 2.59. The van der Waals surface area contributed by atoms with Crippen molar-refractivity contribution < 1.29 is 19.7 Å². The van der Waals surface area contributed by atoms with Crippen LogP contribution < -0.4 is 0 Å². The van der Waals surface area contributed by atoms with Gasteiger partial charge >= 0.3 is 5.97 Å². The summed E-state index contributed by atoms with van der Waals surface area (Å²) in [6.07, 6.45) is 4.11. The minimum absolute atomic E-state index is 0.0217. The second-order valence-electron chi connectivity index (χ2n) is 9.73. The summed E-state index contributed by atoms with van der Waals surface area (Å²) >= 11 is 0. The van der Waals surface area contributed by atoms with Crippen LogP contribution in [-0.2, 0) is 9.53 Å². The quantitative estimate of drug-likeness (QED) is 0.673. The summed E-state index contributed by atoms with van der Waals surface area (Å²) < 4.78 is 5.95. The number of hydrogen-bond donors (Lipinski definition) is 2. The maximum absolute atomic E-state index is 12.5. The van der Waals surface area contributed by atoms with E-state index in [1.165, 1.54) is 0 Å². The predicted octanol–water partition coefficient (Wildman–Crippen LogP) is 2.66. The Morgan fingerprint density at radius 1 is 0.957 bits per heavy atom. The van der Waals surface area contributed by atoms with Crippen LogP contribution >= 0.6 is 0 Å². The highest BCUT2D eigenvalue weighted by Crippen LogP contribution is 2.69. The molecule has 4 fully saturated rings. The zero-order chi connectivity index (χ0) is 16.8. The SMILES string of the molecule is CC1(C)[C@H](O)CC[C@]2(C)[C@@H]1CC[C@@]13OC(=O)[C@@](C)(CC[C@@H]21)[C@H]3O. The Kier molecular flexibility index (Phi) is 2.98. The van der Waals surface area contributed by atoms with Crippen LogP contribution in [0, 0.1) is 28.1 Å². The second kappa shape index (κ2) is 4.32. The number of aliphatic hydroxyl groups excluding tert-OH is 2. The number of ether oxygens (including phenoxy) is 1. The standard InChI is InChI=1S/C19H30O4/c1-16(2)11-6-10-19-12(17(11,3)9-7-13(16)20)5-8-18(4,14(19)21)15(22)23-19/h11-14,20-21H,5-10H2,1-4H3/t11-,12+,13-,14-,17-,18+,19-/m1/s1. The molecule has 4 nitrogen and oxygen atoms in total. The fourth-order valence-corrected chi connectivity index (χ4v) is 7.00. The van der Waals surface area contributed by atoms with E-state index in [-0.39, 0.29) is 28.8 Å². The van der Waals surface area contributed by atoms with Gasteiger partial charge in [-0.1, -0.05) is 20.8 Å². The molecule has 1 spiro atoms. The molecule has 3 saturated carbocycles. The zero-order valence-electron chi connectivity index (χ0n) is 14.8. The van der Waals surface area contributed by atoms with E-state index in [1.807, 2.05) is 6.92 Å². The molecular weight excluding hydrogens is 292 g/mol. The van der Waals surface area contributed by atoms with E-state index < -0.39 is 17.1 Å². The molecule has 0 radical (unpaired) electrons. The van der Waals surface area contributed by atoms with E-state index in [4.69, 9.17) is 4.74 Å². The fourth-order valence-electron chi connectivity index (χ4n) is 7.00. The Morgan fingerprint density at radius 2 is 1.61 bits per heavy atom. The van der Waals surface area contributed by atoms with Gasteiger partial charge in [-0.05, 0) is 62.2 Å². The first-order valence-corrected chi connectivity index (χ1v) is 9.18. The van der Waals surface area contributed by atoms with Crippen LogP contribution in [0.1, 0.15) is 66.2 Å². The van der Waals surface area contributed by atoms with Gasteiger partial charge in [-0.15, -0.1) is 0 Å². The number of carbonyl (C=O) groups excluding carboxylic acids is 1. The van der Waals surface area contributed by atoms with Crippen molar-refractivity contribution in [2.45, 2.75) is 84.0 Å². The summed E-state index contributed by atoms with van der Waals surface area (Å²) in [5, 5.41) is 21.5. The van der Waals surface area contributed by atoms with E-state index in [1.54, 1.807) is 0 Å². The van der Waals surface area contributed by atoms with Crippen molar-refractivity contribution in [2.24, 2.45) is 28.1 Å². The minimum Gasteiger partial charge on any atom is -0.455 e. The smallest absolute Gasteiger partial charge is 0.315 e. The van der Waals surface area contributed by atoms with E-state index >= 15 is 0 Å². The van der Waals surface area contributed by atoms with Crippen LogP contribution in [0.4, 0.5) is 0 Å². The Morgan fingerprint density at radius 3 is 2.30 bits per heavy atom. The molecule has 1 heterocycles. The molecule has 23 heavy (non-hydrogen) atoms. The van der Waals surface area contributed by atoms with E-state index in [0.717, 1.165) is 32.1 Å². The molecule has 4 aliphatic rings. The molecule has 4 rings (SSSR count). The van der Waals surface area contributed by atoms with Crippen LogP contribution in [0.5, 0.6) is 0 Å². The average molecular weight is 322 g/mol. The molecule has 130 valence electrons. The summed E-state index contributed by atoms with van der Waals surface area (Å²) in [4.78, 5) is 12.5. The summed E-state index contributed by atoms with van der Waals surface area (Å²) in [7, 11) is 0. The first kappa shape index (κ1) is 15.9. The van der Waals surface area contributed by atoms with Crippen LogP contribution in [-0.4, -0.2) is 34.0 Å². The molecule has 0 aromatic carbocycles. The lowest BCUT2D eigenvalue weighted by atomic mass is 9.41. The molecule has 1 saturated heterocycles. The maximum atomic E-state index is 12.5.